The summed E-state index contributed by atoms with van der Waals surface area (Å²) < 4.78 is 5.15. The number of rotatable bonds is 5. The molecule has 1 rings (SSSR count). The van der Waals surface area contributed by atoms with Gasteiger partial charge in [-0.15, -0.1) is 0 Å². The van der Waals surface area contributed by atoms with E-state index < -0.39 is 11.6 Å². The van der Waals surface area contributed by atoms with Crippen molar-refractivity contribution in [3.05, 3.63) is 24.0 Å². The van der Waals surface area contributed by atoms with Crippen LogP contribution in [0.25, 0.3) is 0 Å². The standard InChI is InChI=1S/C12H16N2O4/c1-4-12(2,18-3)11(17)14-9-5-8(10(15)16)6-13-7-9/h5-7H,4H2,1-3H3,(H,14,17)(H,15,16). The Morgan fingerprint density at radius 1 is 1.50 bits per heavy atom. The molecule has 1 unspecified atom stereocenters. The molecule has 0 aliphatic heterocycles. The van der Waals surface area contributed by atoms with E-state index in [-0.39, 0.29) is 11.5 Å². The molecule has 0 aliphatic carbocycles. The second kappa shape index (κ2) is 5.59. The van der Waals surface area contributed by atoms with Crippen molar-refractivity contribution in [1.29, 1.82) is 0 Å². The average molecular weight is 252 g/mol. The monoisotopic (exact) mass is 252 g/mol. The number of nitrogens with one attached hydrogen (secondary N) is 1. The fraction of sp³-hybridized carbons (Fsp3) is 0.417. The van der Waals surface area contributed by atoms with E-state index in [4.69, 9.17) is 9.84 Å². The van der Waals surface area contributed by atoms with Crippen molar-refractivity contribution in [3.8, 4) is 0 Å². The third-order valence-corrected chi connectivity index (χ3v) is 2.85. The zero-order valence-electron chi connectivity index (χ0n) is 10.6. The molecule has 1 amide bonds. The van der Waals surface area contributed by atoms with Gasteiger partial charge in [0.2, 0.25) is 0 Å². The lowest BCUT2D eigenvalue weighted by Crippen LogP contribution is -2.41. The molecule has 98 valence electrons. The molecule has 1 heterocycles. The number of nitrogens with zero attached hydrogens (tertiary/aromatic N) is 1. The van der Waals surface area contributed by atoms with Gasteiger partial charge in [0.05, 0.1) is 17.4 Å². The SMILES string of the molecule is CCC(C)(OC)C(=O)Nc1cncc(C(=O)O)c1. The van der Waals surface area contributed by atoms with Gasteiger partial charge in [-0.05, 0) is 19.4 Å². The number of carbonyl (C=O) groups is 2. The molecule has 0 bridgehead atoms. The third kappa shape index (κ3) is 3.04. The first-order valence-electron chi connectivity index (χ1n) is 5.48. The van der Waals surface area contributed by atoms with Crippen LogP contribution in [0.3, 0.4) is 0 Å². The van der Waals surface area contributed by atoms with Crippen LogP contribution in [0.2, 0.25) is 0 Å². The molecular weight excluding hydrogens is 236 g/mol. The van der Waals surface area contributed by atoms with Crippen molar-refractivity contribution in [2.75, 3.05) is 12.4 Å². The summed E-state index contributed by atoms with van der Waals surface area (Å²) in [4.78, 5) is 26.5. The zero-order chi connectivity index (χ0) is 13.8. The molecule has 1 aromatic heterocycles. The molecule has 0 saturated heterocycles. The number of hydrogen-bond donors (Lipinski definition) is 2. The Labute approximate surface area is 105 Å². The van der Waals surface area contributed by atoms with Crippen LogP contribution in [0.15, 0.2) is 18.5 Å². The topological polar surface area (TPSA) is 88.5 Å². The van der Waals surface area contributed by atoms with E-state index in [9.17, 15) is 9.59 Å². The average Bonchev–Trinajstić information content (AvgIpc) is 2.38. The van der Waals surface area contributed by atoms with Crippen molar-refractivity contribution in [1.82, 2.24) is 4.98 Å². The molecule has 1 aromatic rings. The van der Waals surface area contributed by atoms with Gasteiger partial charge < -0.3 is 15.2 Å². The van der Waals surface area contributed by atoms with E-state index in [1.807, 2.05) is 6.92 Å². The lowest BCUT2D eigenvalue weighted by Gasteiger charge is -2.25. The first kappa shape index (κ1) is 14.1. The lowest BCUT2D eigenvalue weighted by atomic mass is 10.0. The number of carbonyl (C=O) groups excluding carboxylic acids is 1. The molecule has 18 heavy (non-hydrogen) atoms. The Balaban J connectivity index is 2.88. The summed E-state index contributed by atoms with van der Waals surface area (Å²) in [6, 6.07) is 1.35. The van der Waals surface area contributed by atoms with E-state index in [0.717, 1.165) is 0 Å². The Kier molecular flexibility index (Phi) is 4.38. The van der Waals surface area contributed by atoms with Crippen molar-refractivity contribution in [2.24, 2.45) is 0 Å². The van der Waals surface area contributed by atoms with Crippen molar-refractivity contribution < 1.29 is 19.4 Å². The highest BCUT2D eigenvalue weighted by molar-refractivity contribution is 5.98. The van der Waals surface area contributed by atoms with Crippen LogP contribution in [0, 0.1) is 0 Å². The highest BCUT2D eigenvalue weighted by Gasteiger charge is 2.31. The molecule has 0 aliphatic rings. The number of carboxylic acids is 1. The number of amides is 1. The van der Waals surface area contributed by atoms with Gasteiger partial charge in [-0.3, -0.25) is 9.78 Å². The van der Waals surface area contributed by atoms with Crippen molar-refractivity contribution in [3.63, 3.8) is 0 Å². The van der Waals surface area contributed by atoms with Gasteiger partial charge in [0.1, 0.15) is 5.60 Å². The van der Waals surface area contributed by atoms with Gasteiger partial charge in [-0.25, -0.2) is 4.79 Å². The van der Waals surface area contributed by atoms with Crippen molar-refractivity contribution in [2.45, 2.75) is 25.9 Å². The number of anilines is 1. The Morgan fingerprint density at radius 2 is 2.17 bits per heavy atom. The minimum atomic E-state index is -1.09. The van der Waals surface area contributed by atoms with Crippen LogP contribution in [-0.2, 0) is 9.53 Å². The number of carboxylic acid groups (broad SMARTS) is 1. The molecular formula is C12H16N2O4. The predicted molar refractivity (Wildman–Crippen MR) is 65.5 cm³/mol. The molecule has 0 radical (unpaired) electrons. The summed E-state index contributed by atoms with van der Waals surface area (Å²) in [7, 11) is 1.45. The maximum absolute atomic E-state index is 12.0. The van der Waals surface area contributed by atoms with Crippen LogP contribution in [0.5, 0.6) is 0 Å². The molecule has 0 spiro atoms. The van der Waals surface area contributed by atoms with E-state index in [2.05, 4.69) is 10.3 Å². The van der Waals surface area contributed by atoms with Crippen LogP contribution < -0.4 is 5.32 Å². The molecule has 6 nitrogen and oxygen atoms in total. The smallest absolute Gasteiger partial charge is 0.337 e. The first-order valence-corrected chi connectivity index (χ1v) is 5.48. The van der Waals surface area contributed by atoms with E-state index in [1.54, 1.807) is 6.92 Å². The quantitative estimate of drug-likeness (QED) is 0.829. The minimum absolute atomic E-state index is 0.0171. The maximum atomic E-state index is 12.0. The Hall–Kier alpha value is -1.95. The van der Waals surface area contributed by atoms with E-state index in [1.165, 1.54) is 25.6 Å². The molecule has 6 heteroatoms. The Morgan fingerprint density at radius 3 is 2.67 bits per heavy atom. The summed E-state index contributed by atoms with van der Waals surface area (Å²) in [6.45, 7) is 3.49. The van der Waals surface area contributed by atoms with E-state index >= 15 is 0 Å². The number of pyridine rings is 1. The van der Waals surface area contributed by atoms with E-state index in [0.29, 0.717) is 12.1 Å². The summed E-state index contributed by atoms with van der Waals surface area (Å²) in [6.07, 6.45) is 3.10. The zero-order valence-corrected chi connectivity index (χ0v) is 10.6. The van der Waals surface area contributed by atoms with Crippen LogP contribution in [-0.4, -0.2) is 34.7 Å². The summed E-state index contributed by atoms with van der Waals surface area (Å²) >= 11 is 0. The van der Waals surface area contributed by atoms with Gasteiger partial charge in [0, 0.05) is 13.3 Å². The molecule has 1 atom stereocenters. The first-order chi connectivity index (χ1) is 8.42. The maximum Gasteiger partial charge on any atom is 0.337 e. The van der Waals surface area contributed by atoms with Crippen molar-refractivity contribution >= 4 is 17.6 Å². The van der Waals surface area contributed by atoms with Gasteiger partial charge in [-0.1, -0.05) is 6.92 Å². The molecule has 2 N–H and O–H groups in total. The van der Waals surface area contributed by atoms with Gasteiger partial charge in [0.15, 0.2) is 0 Å². The molecule has 0 saturated carbocycles. The second-order valence-electron chi connectivity index (χ2n) is 4.01. The number of hydrogen-bond acceptors (Lipinski definition) is 4. The number of aromatic nitrogens is 1. The van der Waals surface area contributed by atoms with Crippen LogP contribution >= 0.6 is 0 Å². The van der Waals surface area contributed by atoms with Gasteiger partial charge >= 0.3 is 5.97 Å². The molecule has 0 fully saturated rings. The third-order valence-electron chi connectivity index (χ3n) is 2.85. The second-order valence-corrected chi connectivity index (χ2v) is 4.01. The predicted octanol–water partition coefficient (Wildman–Crippen LogP) is 1.53. The van der Waals surface area contributed by atoms with Crippen LogP contribution in [0.1, 0.15) is 30.6 Å². The number of methoxy groups -OCH3 is 1. The number of ether oxygens (including phenoxy) is 1. The summed E-state index contributed by atoms with van der Waals surface area (Å²) in [5.74, 6) is -1.43. The fourth-order valence-electron chi connectivity index (χ4n) is 1.29. The highest BCUT2D eigenvalue weighted by atomic mass is 16.5. The highest BCUT2D eigenvalue weighted by Crippen LogP contribution is 2.17. The number of aromatic carboxylic acids is 1. The normalized spacial score (nSPS) is 13.7. The Bertz CT molecular complexity index is 455. The summed E-state index contributed by atoms with van der Waals surface area (Å²) in [5.41, 5.74) is -0.598. The largest absolute Gasteiger partial charge is 0.478 e. The van der Waals surface area contributed by atoms with Gasteiger partial charge in [-0.2, -0.15) is 0 Å². The minimum Gasteiger partial charge on any atom is -0.478 e. The lowest BCUT2D eigenvalue weighted by molar-refractivity contribution is -0.136. The summed E-state index contributed by atoms with van der Waals surface area (Å²) in [5, 5.41) is 11.4. The fourth-order valence-corrected chi connectivity index (χ4v) is 1.29. The molecule has 0 aromatic carbocycles. The van der Waals surface area contributed by atoms with Crippen LogP contribution in [0.4, 0.5) is 5.69 Å². The van der Waals surface area contributed by atoms with Gasteiger partial charge in [0.25, 0.3) is 5.91 Å².